The van der Waals surface area contributed by atoms with Crippen LogP contribution >= 0.6 is 23.2 Å². The van der Waals surface area contributed by atoms with Crippen molar-refractivity contribution in [3.63, 3.8) is 0 Å². The average molecular weight is 303 g/mol. The number of hydrogen-bond donors (Lipinski definition) is 0. The highest BCUT2D eigenvalue weighted by Gasteiger charge is 2.19. The zero-order chi connectivity index (χ0) is 14.6. The topological polar surface area (TPSA) is 43.4 Å². The number of benzene rings is 1. The summed E-state index contributed by atoms with van der Waals surface area (Å²) in [6.45, 7) is 5.27. The van der Waals surface area contributed by atoms with E-state index in [-0.39, 0.29) is 18.6 Å². The van der Waals surface area contributed by atoms with Gasteiger partial charge in [-0.1, -0.05) is 29.3 Å². The molecule has 0 saturated heterocycles. The predicted molar refractivity (Wildman–Crippen MR) is 75.6 cm³/mol. The molecule has 0 spiro atoms. The Morgan fingerprint density at radius 1 is 1.16 bits per heavy atom. The molecule has 0 fully saturated rings. The summed E-state index contributed by atoms with van der Waals surface area (Å²) in [4.78, 5) is 23.2. The molecule has 0 aliphatic rings. The number of halogens is 2. The molecule has 0 aromatic heterocycles. The van der Waals surface area contributed by atoms with Gasteiger partial charge < -0.3 is 4.74 Å². The number of ether oxygens (including phenoxy) is 1. The summed E-state index contributed by atoms with van der Waals surface area (Å²) in [5.41, 5.74) is 0.143. The fourth-order valence-electron chi connectivity index (χ4n) is 1.48. The van der Waals surface area contributed by atoms with Crippen molar-refractivity contribution in [1.29, 1.82) is 0 Å². The van der Waals surface area contributed by atoms with E-state index >= 15 is 0 Å². The molecule has 1 aromatic carbocycles. The molecule has 0 amide bonds. The highest BCUT2D eigenvalue weighted by atomic mass is 35.5. The van der Waals surface area contributed by atoms with Crippen molar-refractivity contribution in [2.45, 2.75) is 39.2 Å². The third-order valence-corrected chi connectivity index (χ3v) is 2.89. The molecular weight excluding hydrogens is 287 g/mol. The maximum absolute atomic E-state index is 11.7. The summed E-state index contributed by atoms with van der Waals surface area (Å²) in [5, 5.41) is 0.828. The van der Waals surface area contributed by atoms with Gasteiger partial charge in [0.2, 0.25) is 0 Å². The Morgan fingerprint density at radius 2 is 1.79 bits per heavy atom. The quantitative estimate of drug-likeness (QED) is 0.627. The first kappa shape index (κ1) is 16.0. The van der Waals surface area contributed by atoms with Crippen molar-refractivity contribution >= 4 is 35.0 Å². The van der Waals surface area contributed by atoms with Gasteiger partial charge in [-0.15, -0.1) is 0 Å². The van der Waals surface area contributed by atoms with E-state index in [2.05, 4.69) is 0 Å². The molecule has 104 valence electrons. The van der Waals surface area contributed by atoms with E-state index in [1.165, 1.54) is 0 Å². The van der Waals surface area contributed by atoms with E-state index in [1.807, 2.05) is 0 Å². The van der Waals surface area contributed by atoms with E-state index in [9.17, 15) is 9.59 Å². The second-order valence-electron chi connectivity index (χ2n) is 5.23. The minimum absolute atomic E-state index is 0.135. The molecule has 3 nitrogen and oxygen atoms in total. The van der Waals surface area contributed by atoms with Crippen molar-refractivity contribution < 1.29 is 14.3 Å². The van der Waals surface area contributed by atoms with Gasteiger partial charge in [-0.2, -0.15) is 0 Å². The van der Waals surface area contributed by atoms with Crippen LogP contribution in [0.4, 0.5) is 0 Å². The lowest BCUT2D eigenvalue weighted by molar-refractivity contribution is -0.156. The first-order chi connectivity index (χ1) is 8.67. The van der Waals surface area contributed by atoms with Crippen LogP contribution < -0.4 is 0 Å². The van der Waals surface area contributed by atoms with E-state index in [0.29, 0.717) is 10.0 Å². The van der Waals surface area contributed by atoms with E-state index < -0.39 is 11.6 Å². The third-order valence-electron chi connectivity index (χ3n) is 2.15. The first-order valence-electron chi connectivity index (χ1n) is 5.85. The van der Waals surface area contributed by atoms with Crippen molar-refractivity contribution in [2.75, 3.05) is 0 Å². The molecule has 0 unspecified atom stereocenters. The average Bonchev–Trinajstić information content (AvgIpc) is 2.20. The highest BCUT2D eigenvalue weighted by Crippen LogP contribution is 2.23. The van der Waals surface area contributed by atoms with Crippen molar-refractivity contribution in [3.05, 3.63) is 33.8 Å². The van der Waals surface area contributed by atoms with Gasteiger partial charge >= 0.3 is 5.97 Å². The second-order valence-corrected chi connectivity index (χ2v) is 6.04. The van der Waals surface area contributed by atoms with Gasteiger partial charge in [0.1, 0.15) is 17.8 Å². The number of Topliss-reactive ketones (excluding diaryl/α,β-unsaturated/α-hetero) is 1. The summed E-state index contributed by atoms with van der Waals surface area (Å²) in [5.74, 6) is -0.731. The molecule has 0 aliphatic heterocycles. The largest absolute Gasteiger partial charge is 0.460 e. The maximum atomic E-state index is 11.7. The first-order valence-corrected chi connectivity index (χ1v) is 6.60. The lowest BCUT2D eigenvalue weighted by atomic mass is 10.1. The summed E-state index contributed by atoms with van der Waals surface area (Å²) in [6, 6.07) is 4.96. The van der Waals surface area contributed by atoms with Crippen molar-refractivity contribution in [3.8, 4) is 0 Å². The fraction of sp³-hybridized carbons (Fsp3) is 0.429. The molecular formula is C14H16Cl2O3. The minimum atomic E-state index is -0.582. The fourth-order valence-corrected chi connectivity index (χ4v) is 1.80. The van der Waals surface area contributed by atoms with Gasteiger partial charge in [-0.25, -0.2) is 0 Å². The Bertz CT molecular complexity index is 490. The molecule has 0 saturated carbocycles. The SMILES string of the molecule is CC(C)(C)OC(=O)CC(=O)Cc1ccc(Cl)c(Cl)c1. The van der Waals surface area contributed by atoms with E-state index in [1.54, 1.807) is 39.0 Å². The van der Waals surface area contributed by atoms with Crippen LogP contribution in [0, 0.1) is 0 Å². The summed E-state index contributed by atoms with van der Waals surface area (Å²) in [6.07, 6.45) is -0.104. The molecule has 0 atom stereocenters. The molecule has 1 aromatic rings. The smallest absolute Gasteiger partial charge is 0.313 e. The standard InChI is InChI=1S/C14H16Cl2O3/c1-14(2,3)19-13(18)8-10(17)6-9-4-5-11(15)12(16)7-9/h4-5,7H,6,8H2,1-3H3. The van der Waals surface area contributed by atoms with Gasteiger partial charge in [-0.05, 0) is 38.5 Å². The maximum Gasteiger partial charge on any atom is 0.313 e. The van der Waals surface area contributed by atoms with Gasteiger partial charge in [0.15, 0.2) is 0 Å². The van der Waals surface area contributed by atoms with Gasteiger partial charge in [0.25, 0.3) is 0 Å². The Kier molecular flexibility index (Phi) is 5.39. The molecule has 0 radical (unpaired) electrons. The number of esters is 1. The highest BCUT2D eigenvalue weighted by molar-refractivity contribution is 6.42. The van der Waals surface area contributed by atoms with Crippen LogP contribution in [0.5, 0.6) is 0 Å². The predicted octanol–water partition coefficient (Wildman–Crippen LogP) is 3.84. The number of ketones is 1. The van der Waals surface area contributed by atoms with Crippen LogP contribution in [0.1, 0.15) is 32.8 Å². The minimum Gasteiger partial charge on any atom is -0.460 e. The Morgan fingerprint density at radius 3 is 2.32 bits per heavy atom. The Labute approximate surface area is 122 Å². The van der Waals surface area contributed by atoms with Crippen LogP contribution in [-0.4, -0.2) is 17.4 Å². The summed E-state index contributed by atoms with van der Waals surface area (Å²) >= 11 is 11.6. The van der Waals surface area contributed by atoms with Gasteiger partial charge in [-0.3, -0.25) is 9.59 Å². The zero-order valence-corrected chi connectivity index (χ0v) is 12.6. The molecule has 0 heterocycles. The lowest BCUT2D eigenvalue weighted by Crippen LogP contribution is -2.25. The molecule has 19 heavy (non-hydrogen) atoms. The second kappa shape index (κ2) is 6.40. The molecule has 0 N–H and O–H groups in total. The Balaban J connectivity index is 2.56. The number of carbonyl (C=O) groups is 2. The van der Waals surface area contributed by atoms with Crippen LogP contribution in [0.15, 0.2) is 18.2 Å². The van der Waals surface area contributed by atoms with Crippen LogP contribution in [0.25, 0.3) is 0 Å². The van der Waals surface area contributed by atoms with Crippen molar-refractivity contribution in [1.82, 2.24) is 0 Å². The number of carbonyl (C=O) groups excluding carboxylic acids is 2. The van der Waals surface area contributed by atoms with E-state index in [4.69, 9.17) is 27.9 Å². The molecule has 0 bridgehead atoms. The third kappa shape index (κ3) is 6.08. The van der Waals surface area contributed by atoms with Crippen LogP contribution in [0.2, 0.25) is 10.0 Å². The molecule has 0 aliphatic carbocycles. The summed E-state index contributed by atoms with van der Waals surface area (Å²) in [7, 11) is 0. The van der Waals surface area contributed by atoms with Gasteiger partial charge in [0.05, 0.1) is 10.0 Å². The van der Waals surface area contributed by atoms with Gasteiger partial charge in [0, 0.05) is 6.42 Å². The monoisotopic (exact) mass is 302 g/mol. The molecule has 5 heteroatoms. The normalized spacial score (nSPS) is 11.2. The molecule has 1 rings (SSSR count). The van der Waals surface area contributed by atoms with E-state index in [0.717, 1.165) is 5.56 Å². The number of hydrogen-bond acceptors (Lipinski definition) is 3. The lowest BCUT2D eigenvalue weighted by Gasteiger charge is -2.19. The Hall–Kier alpha value is -1.06. The van der Waals surface area contributed by atoms with Crippen molar-refractivity contribution in [2.24, 2.45) is 0 Å². The van der Waals surface area contributed by atoms with Crippen LogP contribution in [0.3, 0.4) is 0 Å². The zero-order valence-electron chi connectivity index (χ0n) is 11.1. The van der Waals surface area contributed by atoms with Crippen LogP contribution in [-0.2, 0) is 20.7 Å². The summed E-state index contributed by atoms with van der Waals surface area (Å²) < 4.78 is 5.08. The number of rotatable bonds is 4.